The first-order valence-corrected chi connectivity index (χ1v) is 9.37. The van der Waals surface area contributed by atoms with Crippen molar-refractivity contribution >= 4 is 11.6 Å². The van der Waals surface area contributed by atoms with Gasteiger partial charge in [-0.3, -0.25) is 14.0 Å². The van der Waals surface area contributed by atoms with Crippen molar-refractivity contribution in [2.45, 2.75) is 20.0 Å². The maximum atomic E-state index is 12.2. The number of aromatic nitrogens is 2. The third kappa shape index (κ3) is 4.41. The molecule has 0 spiro atoms. The fraction of sp³-hybridized carbons (Fsp3) is 0.125. The Bertz CT molecular complexity index is 1210. The van der Waals surface area contributed by atoms with Gasteiger partial charge in [0.1, 0.15) is 12.3 Å². The first kappa shape index (κ1) is 18.6. The Labute approximate surface area is 168 Å². The van der Waals surface area contributed by atoms with Crippen LogP contribution in [-0.4, -0.2) is 15.4 Å². The van der Waals surface area contributed by atoms with Crippen molar-refractivity contribution in [3.05, 3.63) is 106 Å². The van der Waals surface area contributed by atoms with Crippen molar-refractivity contribution in [2.24, 2.45) is 0 Å². The third-order valence-electron chi connectivity index (χ3n) is 4.65. The largest absolute Gasteiger partial charge is 0.459 e. The molecule has 0 saturated carbocycles. The van der Waals surface area contributed by atoms with E-state index in [4.69, 9.17) is 4.74 Å². The lowest BCUT2D eigenvalue weighted by Gasteiger charge is -2.07. The second-order valence-corrected chi connectivity index (χ2v) is 6.92. The maximum Gasteiger partial charge on any atom is 0.310 e. The SMILES string of the molecule is Cc1ccc2nc(COC(=O)Cc3ccc(-c4ccccc4)cc3)cc(=O)n2c1. The van der Waals surface area contributed by atoms with Gasteiger partial charge in [0.15, 0.2) is 0 Å². The molecular weight excluding hydrogens is 364 g/mol. The highest BCUT2D eigenvalue weighted by Gasteiger charge is 2.08. The molecule has 0 bridgehead atoms. The van der Waals surface area contributed by atoms with E-state index in [2.05, 4.69) is 4.98 Å². The standard InChI is InChI=1S/C24H20N2O3/c1-17-7-12-22-25-21(14-23(27)26(22)15-17)16-29-24(28)13-18-8-10-20(11-9-18)19-5-3-2-4-6-19/h2-12,14-15H,13,16H2,1H3. The number of nitrogens with zero attached hydrogens (tertiary/aromatic N) is 2. The van der Waals surface area contributed by atoms with Gasteiger partial charge in [0.25, 0.3) is 5.56 Å². The van der Waals surface area contributed by atoms with E-state index in [0.717, 1.165) is 22.3 Å². The zero-order chi connectivity index (χ0) is 20.2. The molecule has 2 aromatic carbocycles. The lowest BCUT2D eigenvalue weighted by Crippen LogP contribution is -2.17. The van der Waals surface area contributed by atoms with E-state index in [9.17, 15) is 9.59 Å². The third-order valence-corrected chi connectivity index (χ3v) is 4.65. The molecule has 0 fully saturated rings. The highest BCUT2D eigenvalue weighted by atomic mass is 16.5. The van der Waals surface area contributed by atoms with Crippen molar-refractivity contribution in [1.82, 2.24) is 9.38 Å². The van der Waals surface area contributed by atoms with Crippen molar-refractivity contribution in [3.8, 4) is 11.1 Å². The summed E-state index contributed by atoms with van der Waals surface area (Å²) < 4.78 is 6.81. The van der Waals surface area contributed by atoms with Crippen molar-refractivity contribution in [3.63, 3.8) is 0 Å². The van der Waals surface area contributed by atoms with Gasteiger partial charge in [0, 0.05) is 12.3 Å². The van der Waals surface area contributed by atoms with Crippen LogP contribution in [0, 0.1) is 6.92 Å². The maximum absolute atomic E-state index is 12.2. The molecular formula is C24H20N2O3. The quantitative estimate of drug-likeness (QED) is 0.489. The highest BCUT2D eigenvalue weighted by Crippen LogP contribution is 2.19. The number of pyridine rings is 1. The fourth-order valence-electron chi connectivity index (χ4n) is 3.15. The number of esters is 1. The van der Waals surface area contributed by atoms with E-state index >= 15 is 0 Å². The number of carbonyl (C=O) groups excluding carboxylic acids is 1. The average Bonchev–Trinajstić information content (AvgIpc) is 2.74. The molecule has 0 N–H and O–H groups in total. The van der Waals surface area contributed by atoms with Gasteiger partial charge in [-0.25, -0.2) is 4.98 Å². The number of hydrogen-bond acceptors (Lipinski definition) is 4. The Kier molecular flexibility index (Phi) is 5.20. The molecule has 4 aromatic rings. The molecule has 2 heterocycles. The lowest BCUT2D eigenvalue weighted by molar-refractivity contribution is -0.144. The number of fused-ring (bicyclic) bond motifs is 1. The van der Waals surface area contributed by atoms with Gasteiger partial charge < -0.3 is 4.74 Å². The number of aryl methyl sites for hydroxylation is 1. The normalized spacial score (nSPS) is 10.8. The van der Waals surface area contributed by atoms with Crippen LogP contribution in [0.3, 0.4) is 0 Å². The average molecular weight is 384 g/mol. The molecule has 0 atom stereocenters. The number of hydrogen-bond donors (Lipinski definition) is 0. The van der Waals surface area contributed by atoms with Crippen molar-refractivity contribution in [2.75, 3.05) is 0 Å². The number of ether oxygens (including phenoxy) is 1. The Morgan fingerprint density at radius 2 is 1.69 bits per heavy atom. The Morgan fingerprint density at radius 1 is 0.966 bits per heavy atom. The Morgan fingerprint density at radius 3 is 2.45 bits per heavy atom. The van der Waals surface area contributed by atoms with Crippen LogP contribution in [0.2, 0.25) is 0 Å². The smallest absolute Gasteiger partial charge is 0.310 e. The first-order chi connectivity index (χ1) is 14.1. The molecule has 0 saturated heterocycles. The first-order valence-electron chi connectivity index (χ1n) is 9.37. The highest BCUT2D eigenvalue weighted by molar-refractivity contribution is 5.73. The van der Waals surface area contributed by atoms with E-state index in [1.54, 1.807) is 12.3 Å². The summed E-state index contributed by atoms with van der Waals surface area (Å²) in [4.78, 5) is 28.8. The molecule has 29 heavy (non-hydrogen) atoms. The monoisotopic (exact) mass is 384 g/mol. The van der Waals surface area contributed by atoms with Crippen LogP contribution in [0.4, 0.5) is 0 Å². The number of carbonyl (C=O) groups is 1. The van der Waals surface area contributed by atoms with Crippen LogP contribution in [0.15, 0.2) is 83.8 Å². The molecule has 0 amide bonds. The van der Waals surface area contributed by atoms with Gasteiger partial charge in [-0.05, 0) is 35.2 Å². The van der Waals surface area contributed by atoms with E-state index in [0.29, 0.717) is 11.3 Å². The molecule has 5 heteroatoms. The lowest BCUT2D eigenvalue weighted by atomic mass is 10.0. The summed E-state index contributed by atoms with van der Waals surface area (Å²) in [6, 6.07) is 22.9. The van der Waals surface area contributed by atoms with E-state index in [-0.39, 0.29) is 24.6 Å². The van der Waals surface area contributed by atoms with Gasteiger partial charge in [0.2, 0.25) is 0 Å². The summed E-state index contributed by atoms with van der Waals surface area (Å²) in [6.07, 6.45) is 1.90. The number of benzene rings is 2. The van der Waals surface area contributed by atoms with Crippen LogP contribution >= 0.6 is 0 Å². The topological polar surface area (TPSA) is 60.7 Å². The minimum atomic E-state index is -0.358. The summed E-state index contributed by atoms with van der Waals surface area (Å²) in [7, 11) is 0. The minimum absolute atomic E-state index is 0.0272. The Balaban J connectivity index is 1.39. The summed E-state index contributed by atoms with van der Waals surface area (Å²) in [6.45, 7) is 1.88. The summed E-state index contributed by atoms with van der Waals surface area (Å²) in [5.41, 5.74) is 4.85. The summed E-state index contributed by atoms with van der Waals surface area (Å²) >= 11 is 0. The van der Waals surface area contributed by atoms with Gasteiger partial charge in [-0.2, -0.15) is 0 Å². The van der Waals surface area contributed by atoms with E-state index in [1.807, 2.05) is 67.6 Å². The van der Waals surface area contributed by atoms with Crippen molar-refractivity contribution in [1.29, 1.82) is 0 Å². The van der Waals surface area contributed by atoms with Crippen molar-refractivity contribution < 1.29 is 9.53 Å². The minimum Gasteiger partial charge on any atom is -0.459 e. The van der Waals surface area contributed by atoms with Gasteiger partial charge in [0.05, 0.1) is 12.1 Å². The molecule has 5 nitrogen and oxygen atoms in total. The molecule has 0 unspecified atom stereocenters. The molecule has 2 aromatic heterocycles. The van der Waals surface area contributed by atoms with Gasteiger partial charge in [-0.1, -0.05) is 60.7 Å². The fourth-order valence-corrected chi connectivity index (χ4v) is 3.15. The van der Waals surface area contributed by atoms with Crippen LogP contribution in [0.5, 0.6) is 0 Å². The molecule has 0 aliphatic carbocycles. The zero-order valence-electron chi connectivity index (χ0n) is 16.0. The number of rotatable bonds is 5. The summed E-state index contributed by atoms with van der Waals surface area (Å²) in [5, 5.41) is 0. The molecule has 0 radical (unpaired) electrons. The molecule has 144 valence electrons. The van der Waals surface area contributed by atoms with Crippen LogP contribution in [0.1, 0.15) is 16.8 Å². The predicted molar refractivity (Wildman–Crippen MR) is 112 cm³/mol. The van der Waals surface area contributed by atoms with E-state index < -0.39 is 0 Å². The predicted octanol–water partition coefficient (Wildman–Crippen LogP) is 3.96. The van der Waals surface area contributed by atoms with E-state index in [1.165, 1.54) is 10.5 Å². The zero-order valence-corrected chi connectivity index (χ0v) is 16.0. The van der Waals surface area contributed by atoms with Crippen LogP contribution < -0.4 is 5.56 Å². The second kappa shape index (κ2) is 8.10. The van der Waals surface area contributed by atoms with Crippen LogP contribution in [-0.2, 0) is 22.6 Å². The molecule has 0 aliphatic rings. The molecule has 4 rings (SSSR count). The summed E-state index contributed by atoms with van der Waals surface area (Å²) in [5.74, 6) is -0.358. The molecule has 0 aliphatic heterocycles. The second-order valence-electron chi connectivity index (χ2n) is 6.92. The van der Waals surface area contributed by atoms with Gasteiger partial charge in [-0.15, -0.1) is 0 Å². The van der Waals surface area contributed by atoms with Gasteiger partial charge >= 0.3 is 5.97 Å². The van der Waals surface area contributed by atoms with Crippen LogP contribution in [0.25, 0.3) is 16.8 Å². The Hall–Kier alpha value is -3.73.